The number of hydrogen-bond donors (Lipinski definition) is 3. The van der Waals surface area contributed by atoms with Crippen LogP contribution in [0.2, 0.25) is 0 Å². The molecule has 3 amide bonds. The van der Waals surface area contributed by atoms with Crippen LogP contribution in [0.15, 0.2) is 18.6 Å². The minimum atomic E-state index is 0.0168. The van der Waals surface area contributed by atoms with Gasteiger partial charge < -0.3 is 16.0 Å². The Morgan fingerprint density at radius 3 is 1.10 bits per heavy atom. The van der Waals surface area contributed by atoms with E-state index in [9.17, 15) is 14.4 Å². The lowest BCUT2D eigenvalue weighted by Gasteiger charge is -2.18. The molecule has 3 aromatic rings. The highest BCUT2D eigenvalue weighted by molar-refractivity contribution is 6.18. The molecule has 52 heavy (non-hydrogen) atoms. The second-order valence-corrected chi connectivity index (χ2v) is 13.7. The van der Waals surface area contributed by atoms with Crippen molar-refractivity contribution in [3.8, 4) is 0 Å². The van der Waals surface area contributed by atoms with E-state index in [-0.39, 0.29) is 17.7 Å². The first-order valence-electron chi connectivity index (χ1n) is 18.3. The highest BCUT2D eigenvalue weighted by Gasteiger charge is 2.16. The third-order valence-electron chi connectivity index (χ3n) is 8.02. The number of alkyl halides is 3. The second-order valence-electron chi connectivity index (χ2n) is 12.6. The second kappa shape index (κ2) is 26.4. The molecule has 0 aliphatic carbocycles. The molecule has 0 atom stereocenters. The molecule has 0 saturated heterocycles. The van der Waals surface area contributed by atoms with Gasteiger partial charge in [-0.3, -0.25) is 33.3 Å². The molecule has 3 N–H and O–H groups in total. The molecule has 19 heteroatoms. The first-order valence-corrected chi connectivity index (χ1v) is 19.9. The third kappa shape index (κ3) is 18.9. The number of rotatable bonds is 30. The number of halogens is 3. The van der Waals surface area contributed by atoms with Crippen molar-refractivity contribution in [3.05, 3.63) is 35.7 Å². The van der Waals surface area contributed by atoms with Gasteiger partial charge in [0.05, 0.1) is 36.7 Å². The summed E-state index contributed by atoms with van der Waals surface area (Å²) in [6, 6.07) is 0. The average Bonchev–Trinajstić information content (AvgIpc) is 3.89. The zero-order valence-electron chi connectivity index (χ0n) is 30.0. The van der Waals surface area contributed by atoms with Gasteiger partial charge in [0.25, 0.3) is 0 Å². The van der Waals surface area contributed by atoms with Gasteiger partial charge in [-0.25, -0.2) is 0 Å². The van der Waals surface area contributed by atoms with Gasteiger partial charge in [-0.2, -0.15) is 0 Å². The van der Waals surface area contributed by atoms with Crippen LogP contribution in [0.5, 0.6) is 0 Å². The standard InChI is InChI=1S/C33H54Cl3N13O3/c34-13-7-1-4-10-31(50)37-16-19-47-25-28(40-43-47)22-46(23-29-26-48(44-41-29)20-17-38-32(51)11-5-2-8-14-35)24-30-27-49(45-42-30)21-18-39-33(52)12-6-3-9-15-36/h25-27H,1-24H2,(H,37,50)(H,38,51)(H,39,52). The number of nitrogens with zero attached hydrogens (tertiary/aromatic N) is 10. The van der Waals surface area contributed by atoms with E-state index < -0.39 is 0 Å². The maximum absolute atomic E-state index is 12.1. The van der Waals surface area contributed by atoms with Gasteiger partial charge in [0, 0.05) is 94.8 Å². The fourth-order valence-corrected chi connectivity index (χ4v) is 5.85. The molecule has 0 bridgehead atoms. The molecule has 3 aromatic heterocycles. The van der Waals surface area contributed by atoms with Crippen LogP contribution in [0.1, 0.15) is 94.1 Å². The molecule has 0 radical (unpaired) electrons. The van der Waals surface area contributed by atoms with Crippen molar-refractivity contribution >= 4 is 52.5 Å². The summed E-state index contributed by atoms with van der Waals surface area (Å²) in [7, 11) is 0. The van der Waals surface area contributed by atoms with Gasteiger partial charge in [-0.15, -0.1) is 50.1 Å². The summed E-state index contributed by atoms with van der Waals surface area (Å²) in [4.78, 5) is 38.5. The third-order valence-corrected chi connectivity index (χ3v) is 8.82. The molecule has 3 rings (SSSR count). The topological polar surface area (TPSA) is 183 Å². The molecule has 0 aromatic carbocycles. The Bertz CT molecular complexity index is 1270. The maximum Gasteiger partial charge on any atom is 0.220 e. The Kier molecular flexibility index (Phi) is 21.9. The Morgan fingerprint density at radius 2 is 0.808 bits per heavy atom. The molecular weight excluding hydrogens is 733 g/mol. The molecule has 0 aliphatic heterocycles. The molecule has 3 heterocycles. The molecule has 0 spiro atoms. The summed E-state index contributed by atoms with van der Waals surface area (Å²) in [6.45, 7) is 4.21. The van der Waals surface area contributed by atoms with Gasteiger partial charge in [0.2, 0.25) is 17.7 Å². The SMILES string of the molecule is O=C(CCCCCCl)NCCn1cc(CN(Cc2cn(CCNC(=O)CCCCCCl)nn2)Cc2cn(CCNC(=O)CCCCCCl)nn2)nn1. The predicted octanol–water partition coefficient (Wildman–Crippen LogP) is 3.41. The number of amides is 3. The van der Waals surface area contributed by atoms with Gasteiger partial charge >= 0.3 is 0 Å². The lowest BCUT2D eigenvalue weighted by atomic mass is 10.2. The lowest BCUT2D eigenvalue weighted by molar-refractivity contribution is -0.122. The van der Waals surface area contributed by atoms with E-state index in [1.165, 1.54) is 0 Å². The predicted molar refractivity (Wildman–Crippen MR) is 200 cm³/mol. The highest BCUT2D eigenvalue weighted by Crippen LogP contribution is 2.11. The van der Waals surface area contributed by atoms with Crippen LogP contribution in [-0.2, 0) is 53.7 Å². The van der Waals surface area contributed by atoms with Crippen LogP contribution in [-0.4, -0.2) is 105 Å². The van der Waals surface area contributed by atoms with Crippen molar-refractivity contribution < 1.29 is 14.4 Å². The summed E-state index contributed by atoms with van der Waals surface area (Å²) in [5.41, 5.74) is 2.24. The van der Waals surface area contributed by atoms with Crippen molar-refractivity contribution in [1.82, 2.24) is 65.8 Å². The van der Waals surface area contributed by atoms with Gasteiger partial charge in [0.1, 0.15) is 0 Å². The van der Waals surface area contributed by atoms with Crippen LogP contribution in [0.25, 0.3) is 0 Å². The number of carbonyl (C=O) groups is 3. The number of hydrogen-bond acceptors (Lipinski definition) is 10. The van der Waals surface area contributed by atoms with E-state index in [0.717, 1.165) is 74.9 Å². The van der Waals surface area contributed by atoms with E-state index in [1.54, 1.807) is 14.0 Å². The summed E-state index contributed by atoms with van der Waals surface area (Å²) in [5, 5.41) is 34.7. The molecule has 0 saturated carbocycles. The zero-order chi connectivity index (χ0) is 37.2. The normalized spacial score (nSPS) is 11.3. The molecule has 0 aliphatic rings. The van der Waals surface area contributed by atoms with E-state index in [1.807, 2.05) is 18.6 Å². The van der Waals surface area contributed by atoms with Crippen LogP contribution in [0.4, 0.5) is 0 Å². The van der Waals surface area contributed by atoms with E-state index in [0.29, 0.717) is 95.8 Å². The average molecular weight is 787 g/mol. The quantitative estimate of drug-likeness (QED) is 0.0669. The van der Waals surface area contributed by atoms with Gasteiger partial charge in [-0.1, -0.05) is 34.9 Å². The smallest absolute Gasteiger partial charge is 0.220 e. The van der Waals surface area contributed by atoms with Gasteiger partial charge in [0.15, 0.2) is 0 Å². The van der Waals surface area contributed by atoms with Crippen LogP contribution in [0, 0.1) is 0 Å². The Labute approximate surface area is 321 Å². The van der Waals surface area contributed by atoms with E-state index in [2.05, 4.69) is 51.8 Å². The largest absolute Gasteiger partial charge is 0.354 e. The van der Waals surface area contributed by atoms with Crippen LogP contribution < -0.4 is 16.0 Å². The van der Waals surface area contributed by atoms with E-state index >= 15 is 0 Å². The number of aromatic nitrogens is 9. The number of unbranched alkanes of at least 4 members (excludes halogenated alkanes) is 6. The van der Waals surface area contributed by atoms with Crippen molar-refractivity contribution in [2.24, 2.45) is 0 Å². The zero-order valence-corrected chi connectivity index (χ0v) is 32.3. The summed E-state index contributed by atoms with van der Waals surface area (Å²) >= 11 is 17.1. The van der Waals surface area contributed by atoms with Crippen molar-refractivity contribution in [3.63, 3.8) is 0 Å². The Hall–Kier alpha value is -3.34. The highest BCUT2D eigenvalue weighted by atomic mass is 35.5. The van der Waals surface area contributed by atoms with Crippen molar-refractivity contribution in [2.75, 3.05) is 37.3 Å². The fraction of sp³-hybridized carbons (Fsp3) is 0.727. The lowest BCUT2D eigenvalue weighted by Crippen LogP contribution is -2.27. The summed E-state index contributed by atoms with van der Waals surface area (Å²) < 4.78 is 5.14. The summed E-state index contributed by atoms with van der Waals surface area (Å²) in [5.74, 6) is 1.89. The monoisotopic (exact) mass is 785 g/mol. The molecule has 16 nitrogen and oxygen atoms in total. The van der Waals surface area contributed by atoms with E-state index in [4.69, 9.17) is 34.8 Å². The molecule has 290 valence electrons. The van der Waals surface area contributed by atoms with Crippen molar-refractivity contribution in [2.45, 2.75) is 116 Å². The Balaban J connectivity index is 1.54. The maximum atomic E-state index is 12.1. The first kappa shape index (κ1) is 43.1. The first-order chi connectivity index (χ1) is 25.4. The van der Waals surface area contributed by atoms with Crippen molar-refractivity contribution in [1.29, 1.82) is 0 Å². The number of carbonyl (C=O) groups excluding carboxylic acids is 3. The molecular formula is C33H54Cl3N13O3. The minimum absolute atomic E-state index is 0.0168. The van der Waals surface area contributed by atoms with Crippen LogP contribution in [0.3, 0.4) is 0 Å². The number of nitrogens with one attached hydrogen (secondary N) is 3. The fourth-order valence-electron chi connectivity index (χ4n) is 5.28. The molecule has 0 fully saturated rings. The van der Waals surface area contributed by atoms with Gasteiger partial charge in [-0.05, 0) is 38.5 Å². The van der Waals surface area contributed by atoms with Crippen LogP contribution >= 0.6 is 34.8 Å². The molecule has 0 unspecified atom stereocenters. The Morgan fingerprint density at radius 1 is 0.500 bits per heavy atom. The minimum Gasteiger partial charge on any atom is -0.354 e. The summed E-state index contributed by atoms with van der Waals surface area (Å²) in [6.07, 6.45) is 15.1.